The van der Waals surface area contributed by atoms with Gasteiger partial charge in [0.25, 0.3) is 0 Å². The molecule has 116 valence electrons. The Morgan fingerprint density at radius 3 is 2.26 bits per heavy atom. The molecular weight excluding hydrogens is 282 g/mol. The van der Waals surface area contributed by atoms with E-state index in [1.165, 1.54) is 11.1 Å². The second-order valence-electron chi connectivity index (χ2n) is 6.61. The molecule has 2 aliphatic rings. The van der Waals surface area contributed by atoms with Crippen molar-refractivity contribution in [2.75, 3.05) is 13.1 Å². The van der Waals surface area contributed by atoms with Crippen LogP contribution in [0.1, 0.15) is 36.4 Å². The number of Topliss-reactive ketones (excluding diaryl/α,β-unsaturated/α-hetero) is 1. The Morgan fingerprint density at radius 2 is 1.61 bits per heavy atom. The van der Waals surface area contributed by atoms with Crippen molar-refractivity contribution in [1.29, 1.82) is 0 Å². The van der Waals surface area contributed by atoms with Crippen molar-refractivity contribution in [3.05, 3.63) is 82.9 Å². The maximum atomic E-state index is 12.8. The molecule has 0 fully saturated rings. The molecule has 2 aromatic carbocycles. The van der Waals surface area contributed by atoms with Crippen LogP contribution in [0.2, 0.25) is 0 Å². The van der Waals surface area contributed by atoms with Crippen molar-refractivity contribution in [1.82, 2.24) is 4.90 Å². The summed E-state index contributed by atoms with van der Waals surface area (Å²) >= 11 is 0. The second kappa shape index (κ2) is 5.78. The van der Waals surface area contributed by atoms with Gasteiger partial charge in [0.1, 0.15) is 0 Å². The third kappa shape index (κ3) is 2.53. The molecule has 2 heteroatoms. The van der Waals surface area contributed by atoms with Gasteiger partial charge in [-0.15, -0.1) is 0 Å². The smallest absolute Gasteiger partial charge is 0.167 e. The number of carbonyl (C=O) groups is 1. The molecule has 1 unspecified atom stereocenters. The van der Waals surface area contributed by atoms with Crippen LogP contribution >= 0.6 is 0 Å². The van der Waals surface area contributed by atoms with E-state index in [0.717, 1.165) is 30.6 Å². The van der Waals surface area contributed by atoms with Crippen molar-refractivity contribution in [3.63, 3.8) is 0 Å². The van der Waals surface area contributed by atoms with Crippen molar-refractivity contribution in [2.45, 2.75) is 25.3 Å². The number of likely N-dealkylation sites (tertiary alicyclic amines) is 1. The highest BCUT2D eigenvalue weighted by Crippen LogP contribution is 2.41. The average Bonchev–Trinajstić information content (AvgIpc) is 3.16. The van der Waals surface area contributed by atoms with Crippen LogP contribution in [0, 0.1) is 0 Å². The summed E-state index contributed by atoms with van der Waals surface area (Å²) in [5.74, 6) is 0.393. The van der Waals surface area contributed by atoms with E-state index < -0.39 is 0 Å². The fourth-order valence-electron chi connectivity index (χ4n) is 3.87. The van der Waals surface area contributed by atoms with E-state index in [1.807, 2.05) is 24.3 Å². The van der Waals surface area contributed by atoms with Crippen molar-refractivity contribution in [3.8, 4) is 0 Å². The Morgan fingerprint density at radius 1 is 0.957 bits per heavy atom. The summed E-state index contributed by atoms with van der Waals surface area (Å²) < 4.78 is 0. The minimum atomic E-state index is 0.0513. The SMILES string of the molecule is C[C@@H](c1ccccc1)N1CC2=C(C1)C(=O)C(c1ccccc1)C2. The van der Waals surface area contributed by atoms with E-state index >= 15 is 0 Å². The van der Waals surface area contributed by atoms with Gasteiger partial charge in [-0.2, -0.15) is 0 Å². The highest BCUT2D eigenvalue weighted by Gasteiger charge is 2.39. The molecule has 0 aromatic heterocycles. The summed E-state index contributed by atoms with van der Waals surface area (Å²) in [6.45, 7) is 3.96. The molecule has 2 atom stereocenters. The number of nitrogens with zero attached hydrogens (tertiary/aromatic N) is 1. The highest BCUT2D eigenvalue weighted by atomic mass is 16.1. The van der Waals surface area contributed by atoms with Gasteiger partial charge in [0.2, 0.25) is 0 Å². The number of ketones is 1. The largest absolute Gasteiger partial charge is 0.294 e. The lowest BCUT2D eigenvalue weighted by Crippen LogP contribution is -2.28. The summed E-state index contributed by atoms with van der Waals surface area (Å²) in [6, 6.07) is 21.1. The lowest BCUT2D eigenvalue weighted by Gasteiger charge is -2.26. The zero-order valence-electron chi connectivity index (χ0n) is 13.4. The van der Waals surface area contributed by atoms with E-state index in [9.17, 15) is 4.79 Å². The first-order valence-corrected chi connectivity index (χ1v) is 8.33. The normalized spacial score (nSPS) is 22.5. The molecule has 1 aliphatic carbocycles. The standard InChI is InChI=1S/C21H21NO/c1-15(16-8-4-2-5-9-16)22-13-18-12-19(21(23)20(18)14-22)17-10-6-3-7-11-17/h2-11,15,19H,12-14H2,1H3/t15-,19?/m0/s1. The summed E-state index contributed by atoms with van der Waals surface area (Å²) in [6.07, 6.45) is 0.899. The van der Waals surface area contributed by atoms with Gasteiger partial charge in [0, 0.05) is 24.7 Å². The third-order valence-corrected chi connectivity index (χ3v) is 5.28. The Kier molecular flexibility index (Phi) is 3.62. The predicted molar refractivity (Wildman–Crippen MR) is 92.3 cm³/mol. The molecule has 2 aromatic rings. The molecule has 0 spiro atoms. The van der Waals surface area contributed by atoms with E-state index in [-0.39, 0.29) is 5.92 Å². The van der Waals surface area contributed by atoms with Gasteiger partial charge in [0.05, 0.1) is 5.92 Å². The molecule has 1 aliphatic heterocycles. The van der Waals surface area contributed by atoms with Crippen LogP contribution < -0.4 is 0 Å². The molecule has 2 nitrogen and oxygen atoms in total. The summed E-state index contributed by atoms with van der Waals surface area (Å²) in [7, 11) is 0. The molecular formula is C21H21NO. The molecule has 0 radical (unpaired) electrons. The van der Waals surface area contributed by atoms with Gasteiger partial charge in [-0.25, -0.2) is 0 Å². The Bertz CT molecular complexity index is 748. The van der Waals surface area contributed by atoms with Crippen molar-refractivity contribution in [2.24, 2.45) is 0 Å². The fraction of sp³-hybridized carbons (Fsp3) is 0.286. The van der Waals surface area contributed by atoms with Crippen LogP contribution in [-0.4, -0.2) is 23.8 Å². The molecule has 1 heterocycles. The summed E-state index contributed by atoms with van der Waals surface area (Å²) in [5.41, 5.74) is 4.91. The zero-order valence-corrected chi connectivity index (χ0v) is 13.4. The molecule has 23 heavy (non-hydrogen) atoms. The monoisotopic (exact) mass is 303 g/mol. The molecule has 0 bridgehead atoms. The van der Waals surface area contributed by atoms with Gasteiger partial charge in [-0.05, 0) is 30.0 Å². The van der Waals surface area contributed by atoms with Crippen LogP contribution in [0.25, 0.3) is 0 Å². The summed E-state index contributed by atoms with van der Waals surface area (Å²) in [5, 5.41) is 0. The Balaban J connectivity index is 1.49. The number of carbonyl (C=O) groups excluding carboxylic acids is 1. The van der Waals surface area contributed by atoms with Crippen LogP contribution in [0.4, 0.5) is 0 Å². The Labute approximate surface area is 137 Å². The van der Waals surface area contributed by atoms with Gasteiger partial charge in [0.15, 0.2) is 5.78 Å². The fourth-order valence-corrected chi connectivity index (χ4v) is 3.87. The first-order chi connectivity index (χ1) is 11.2. The molecule has 0 amide bonds. The number of rotatable bonds is 3. The minimum Gasteiger partial charge on any atom is -0.294 e. The average molecular weight is 303 g/mol. The van der Waals surface area contributed by atoms with E-state index in [4.69, 9.17) is 0 Å². The van der Waals surface area contributed by atoms with Gasteiger partial charge in [-0.3, -0.25) is 9.69 Å². The number of benzene rings is 2. The lowest BCUT2D eigenvalue weighted by molar-refractivity contribution is -0.116. The lowest BCUT2D eigenvalue weighted by atomic mass is 9.93. The first kappa shape index (κ1) is 14.4. The number of hydrogen-bond donors (Lipinski definition) is 0. The maximum Gasteiger partial charge on any atom is 0.167 e. The maximum absolute atomic E-state index is 12.8. The van der Waals surface area contributed by atoms with Crippen LogP contribution in [-0.2, 0) is 4.79 Å². The van der Waals surface area contributed by atoms with E-state index in [2.05, 4.69) is 48.2 Å². The first-order valence-electron chi connectivity index (χ1n) is 8.33. The van der Waals surface area contributed by atoms with Crippen molar-refractivity contribution >= 4 is 5.78 Å². The van der Waals surface area contributed by atoms with Gasteiger partial charge < -0.3 is 0 Å². The minimum absolute atomic E-state index is 0.0513. The molecule has 0 saturated carbocycles. The second-order valence-corrected chi connectivity index (χ2v) is 6.61. The molecule has 0 N–H and O–H groups in total. The third-order valence-electron chi connectivity index (χ3n) is 5.28. The highest BCUT2D eigenvalue weighted by molar-refractivity contribution is 6.04. The summed E-state index contributed by atoms with van der Waals surface area (Å²) in [4.78, 5) is 15.2. The topological polar surface area (TPSA) is 20.3 Å². The van der Waals surface area contributed by atoms with Gasteiger partial charge in [-0.1, -0.05) is 60.7 Å². The van der Waals surface area contributed by atoms with Crippen LogP contribution in [0.3, 0.4) is 0 Å². The van der Waals surface area contributed by atoms with Crippen molar-refractivity contribution < 1.29 is 4.79 Å². The van der Waals surface area contributed by atoms with Crippen LogP contribution in [0.15, 0.2) is 71.8 Å². The molecule has 0 saturated heterocycles. The zero-order chi connectivity index (χ0) is 15.8. The van der Waals surface area contributed by atoms with Crippen LogP contribution in [0.5, 0.6) is 0 Å². The molecule has 4 rings (SSSR count). The van der Waals surface area contributed by atoms with E-state index in [1.54, 1.807) is 0 Å². The van der Waals surface area contributed by atoms with Gasteiger partial charge >= 0.3 is 0 Å². The predicted octanol–water partition coefficient (Wildman–Crippen LogP) is 4.12. The Hall–Kier alpha value is -2.19. The van der Waals surface area contributed by atoms with E-state index in [0.29, 0.717) is 11.8 Å². The number of hydrogen-bond acceptors (Lipinski definition) is 2. The quantitative estimate of drug-likeness (QED) is 0.850.